The van der Waals surface area contributed by atoms with Crippen LogP contribution in [0.2, 0.25) is 0 Å². The van der Waals surface area contributed by atoms with Crippen molar-refractivity contribution in [3.63, 3.8) is 0 Å². The van der Waals surface area contributed by atoms with Crippen LogP contribution in [-0.2, 0) is 0 Å². The molecule has 0 aromatic carbocycles. The number of halogens is 1. The van der Waals surface area contributed by atoms with Gasteiger partial charge in [0, 0.05) is 10.9 Å². The summed E-state index contributed by atoms with van der Waals surface area (Å²) in [5.41, 5.74) is 0.290. The van der Waals surface area contributed by atoms with Crippen LogP contribution < -0.4 is 0 Å². The molecule has 0 saturated carbocycles. The van der Waals surface area contributed by atoms with Gasteiger partial charge < -0.3 is 4.90 Å². The monoisotopic (exact) mass is 253 g/mol. The quantitative estimate of drug-likeness (QED) is 0.529. The zero-order valence-electron chi connectivity index (χ0n) is 8.56. The molecule has 0 aliphatic heterocycles. The Balaban J connectivity index is 3.63. The number of thioether (sulfide) groups is 1. The Morgan fingerprint density at radius 3 is 2.42 bits per heavy atom. The summed E-state index contributed by atoms with van der Waals surface area (Å²) in [5.74, 6) is 1.27. The van der Waals surface area contributed by atoms with E-state index in [1.807, 2.05) is 11.8 Å². The van der Waals surface area contributed by atoms with Crippen LogP contribution in [0.3, 0.4) is 0 Å². The molecule has 0 spiro atoms. The maximum Gasteiger partial charge on any atom is 0.0246 e. The Morgan fingerprint density at radius 1 is 1.42 bits per heavy atom. The molecule has 74 valence electrons. The highest BCUT2D eigenvalue weighted by Crippen LogP contribution is 2.15. The third-order valence-corrected chi connectivity index (χ3v) is 4.27. The molecule has 0 heterocycles. The van der Waals surface area contributed by atoms with E-state index < -0.39 is 0 Å². The highest BCUT2D eigenvalue weighted by atomic mass is 79.9. The molecule has 12 heavy (non-hydrogen) atoms. The second kappa shape index (κ2) is 6.28. The van der Waals surface area contributed by atoms with Gasteiger partial charge in [-0.15, -0.1) is 0 Å². The van der Waals surface area contributed by atoms with Gasteiger partial charge in [0.2, 0.25) is 0 Å². The van der Waals surface area contributed by atoms with Crippen LogP contribution in [0.15, 0.2) is 0 Å². The van der Waals surface area contributed by atoms with Crippen molar-refractivity contribution >= 4 is 27.7 Å². The van der Waals surface area contributed by atoms with Crippen molar-refractivity contribution in [2.24, 2.45) is 0 Å². The third kappa shape index (κ3) is 4.73. The molecule has 1 nitrogen and oxygen atoms in total. The summed E-state index contributed by atoms with van der Waals surface area (Å²) in [6, 6.07) is 0. The minimum atomic E-state index is 0.290. The molecule has 0 amide bonds. The highest BCUT2D eigenvalue weighted by molar-refractivity contribution is 9.09. The van der Waals surface area contributed by atoms with Crippen molar-refractivity contribution < 1.29 is 0 Å². The molecule has 0 unspecified atom stereocenters. The van der Waals surface area contributed by atoms with Crippen molar-refractivity contribution in [1.29, 1.82) is 0 Å². The van der Waals surface area contributed by atoms with Crippen molar-refractivity contribution in [2.45, 2.75) is 25.8 Å². The van der Waals surface area contributed by atoms with E-state index in [4.69, 9.17) is 0 Å². The Hall–Kier alpha value is 0.790. The Bertz CT molecular complexity index is 117. The Labute approximate surface area is 89.4 Å². The molecule has 0 saturated heterocycles. The summed E-state index contributed by atoms with van der Waals surface area (Å²) < 4.78 is 0. The van der Waals surface area contributed by atoms with Gasteiger partial charge in [0.15, 0.2) is 0 Å². The molecule has 0 bridgehead atoms. The van der Waals surface area contributed by atoms with Gasteiger partial charge in [-0.1, -0.05) is 15.9 Å². The first kappa shape index (κ1) is 12.8. The molecule has 0 radical (unpaired) electrons. The fourth-order valence-corrected chi connectivity index (χ4v) is 1.70. The van der Waals surface area contributed by atoms with Gasteiger partial charge in [-0.3, -0.25) is 0 Å². The van der Waals surface area contributed by atoms with Crippen molar-refractivity contribution in [3.8, 4) is 0 Å². The molecule has 0 atom stereocenters. The van der Waals surface area contributed by atoms with Crippen molar-refractivity contribution in [3.05, 3.63) is 0 Å². The number of hydrogen-bond acceptors (Lipinski definition) is 2. The van der Waals surface area contributed by atoms with Crippen LogP contribution in [0, 0.1) is 0 Å². The van der Waals surface area contributed by atoms with Crippen LogP contribution in [0.5, 0.6) is 0 Å². The summed E-state index contributed by atoms with van der Waals surface area (Å²) >= 11 is 5.46. The number of rotatable bonds is 6. The van der Waals surface area contributed by atoms with Gasteiger partial charge in [0.1, 0.15) is 0 Å². The largest absolute Gasteiger partial charge is 0.300 e. The fraction of sp³-hybridized carbons (Fsp3) is 1.00. The lowest BCUT2D eigenvalue weighted by molar-refractivity contribution is 0.183. The van der Waals surface area contributed by atoms with Crippen LogP contribution in [0.4, 0.5) is 0 Å². The predicted molar refractivity (Wildman–Crippen MR) is 63.5 cm³/mol. The average molecular weight is 254 g/mol. The maximum absolute atomic E-state index is 3.53. The molecular formula is C9H20BrNS. The van der Waals surface area contributed by atoms with Gasteiger partial charge in [-0.05, 0) is 45.9 Å². The van der Waals surface area contributed by atoms with E-state index in [-0.39, 0.29) is 0 Å². The molecule has 0 aliphatic carbocycles. The Kier molecular flexibility index (Phi) is 6.69. The highest BCUT2D eigenvalue weighted by Gasteiger charge is 2.20. The van der Waals surface area contributed by atoms with E-state index in [0.717, 1.165) is 5.33 Å². The number of nitrogens with zero attached hydrogens (tertiary/aromatic N) is 1. The minimum Gasteiger partial charge on any atom is -0.300 e. The SMILES string of the molecule is CSCCCN(C)C(C)(C)CBr. The lowest BCUT2D eigenvalue weighted by atomic mass is 10.1. The van der Waals surface area contributed by atoms with Crippen LogP contribution in [0.1, 0.15) is 20.3 Å². The van der Waals surface area contributed by atoms with E-state index in [9.17, 15) is 0 Å². The van der Waals surface area contributed by atoms with Crippen LogP contribution >= 0.6 is 27.7 Å². The fourth-order valence-electron chi connectivity index (χ4n) is 0.851. The molecule has 0 aliphatic rings. The number of alkyl halides is 1. The summed E-state index contributed by atoms with van der Waals surface area (Å²) in [5, 5.41) is 1.04. The van der Waals surface area contributed by atoms with Crippen molar-refractivity contribution in [2.75, 3.05) is 30.9 Å². The standard InChI is InChI=1S/C9H20BrNS/c1-9(2,8-10)11(3)6-5-7-12-4/h5-8H2,1-4H3. The summed E-state index contributed by atoms with van der Waals surface area (Å²) in [6.07, 6.45) is 3.45. The lowest BCUT2D eigenvalue weighted by Gasteiger charge is -2.33. The predicted octanol–water partition coefficient (Wildman–Crippen LogP) is 2.84. The van der Waals surface area contributed by atoms with Crippen LogP contribution in [0.25, 0.3) is 0 Å². The van der Waals surface area contributed by atoms with Gasteiger partial charge in [-0.25, -0.2) is 0 Å². The zero-order valence-corrected chi connectivity index (χ0v) is 11.0. The first-order valence-corrected chi connectivity index (χ1v) is 6.82. The summed E-state index contributed by atoms with van der Waals surface area (Å²) in [6.45, 7) is 5.72. The Morgan fingerprint density at radius 2 is 2.00 bits per heavy atom. The van der Waals surface area contributed by atoms with E-state index >= 15 is 0 Å². The van der Waals surface area contributed by atoms with Gasteiger partial charge in [-0.2, -0.15) is 11.8 Å². The maximum atomic E-state index is 3.53. The van der Waals surface area contributed by atoms with E-state index in [1.165, 1.54) is 18.7 Å². The second-order valence-corrected chi connectivity index (χ2v) is 5.26. The summed E-state index contributed by atoms with van der Waals surface area (Å²) in [4.78, 5) is 2.41. The second-order valence-electron chi connectivity index (χ2n) is 3.71. The topological polar surface area (TPSA) is 3.24 Å². The van der Waals surface area contributed by atoms with Crippen LogP contribution in [-0.4, -0.2) is 41.4 Å². The van der Waals surface area contributed by atoms with E-state index in [1.54, 1.807) is 0 Å². The van der Waals surface area contributed by atoms with Gasteiger partial charge >= 0.3 is 0 Å². The van der Waals surface area contributed by atoms with E-state index in [0.29, 0.717) is 5.54 Å². The average Bonchev–Trinajstić information content (AvgIpc) is 2.05. The molecule has 0 rings (SSSR count). The molecule has 0 N–H and O–H groups in total. The van der Waals surface area contributed by atoms with Crippen molar-refractivity contribution in [1.82, 2.24) is 4.90 Å². The third-order valence-electron chi connectivity index (χ3n) is 2.20. The molecule has 0 aromatic rings. The normalized spacial score (nSPS) is 12.5. The molecular weight excluding hydrogens is 234 g/mol. The lowest BCUT2D eigenvalue weighted by Crippen LogP contribution is -2.43. The molecule has 3 heteroatoms. The molecule has 0 fully saturated rings. The minimum absolute atomic E-state index is 0.290. The summed E-state index contributed by atoms with van der Waals surface area (Å²) in [7, 11) is 2.20. The van der Waals surface area contributed by atoms with Gasteiger partial charge in [0.05, 0.1) is 0 Å². The molecule has 0 aromatic heterocycles. The first-order chi connectivity index (χ1) is 5.54. The smallest absolute Gasteiger partial charge is 0.0246 e. The zero-order chi connectivity index (χ0) is 9.61. The van der Waals surface area contributed by atoms with E-state index in [2.05, 4.69) is 48.0 Å². The number of hydrogen-bond donors (Lipinski definition) is 0. The van der Waals surface area contributed by atoms with Gasteiger partial charge in [0.25, 0.3) is 0 Å². The first-order valence-electron chi connectivity index (χ1n) is 4.30.